The number of Topliss-reactive ketones (excluding diaryl/α,β-unsaturated/α-hetero) is 4. The molecule has 5 heteroatoms. The molecule has 0 amide bonds. The van der Waals surface area contributed by atoms with Crippen LogP contribution in [0.4, 0.5) is 0 Å². The lowest BCUT2D eigenvalue weighted by Crippen LogP contribution is -2.38. The normalized spacial score (nSPS) is 29.5. The van der Waals surface area contributed by atoms with E-state index in [4.69, 9.17) is 4.74 Å². The van der Waals surface area contributed by atoms with Crippen LogP contribution in [-0.2, 0) is 25.6 Å². The van der Waals surface area contributed by atoms with Gasteiger partial charge >= 0.3 is 0 Å². The van der Waals surface area contributed by atoms with Crippen molar-refractivity contribution in [1.82, 2.24) is 0 Å². The van der Waals surface area contributed by atoms with Crippen LogP contribution in [0.5, 0.6) is 5.75 Å². The van der Waals surface area contributed by atoms with Crippen LogP contribution in [0.15, 0.2) is 54.6 Å². The van der Waals surface area contributed by atoms with Gasteiger partial charge in [-0.25, -0.2) is 0 Å². The highest BCUT2D eigenvalue weighted by molar-refractivity contribution is 5.98. The van der Waals surface area contributed by atoms with E-state index in [-0.39, 0.29) is 48.0 Å². The van der Waals surface area contributed by atoms with E-state index in [1.807, 2.05) is 0 Å². The summed E-state index contributed by atoms with van der Waals surface area (Å²) in [6.45, 7) is 20.7. The molecule has 8 atom stereocenters. The maximum absolute atomic E-state index is 15.0. The first-order chi connectivity index (χ1) is 27.0. The van der Waals surface area contributed by atoms with Crippen LogP contribution in [0.1, 0.15) is 142 Å². The predicted molar refractivity (Wildman–Crippen MR) is 231 cm³/mol. The van der Waals surface area contributed by atoms with Gasteiger partial charge in [0.2, 0.25) is 0 Å². The summed E-state index contributed by atoms with van der Waals surface area (Å²) in [5.41, 5.74) is 5.11. The molecule has 2 aromatic carbocycles. The molecule has 5 aliphatic rings. The van der Waals surface area contributed by atoms with Gasteiger partial charge in [0.1, 0.15) is 35.0 Å². The molecule has 0 bridgehead atoms. The number of benzene rings is 2. The fourth-order valence-electron chi connectivity index (χ4n) is 11.2. The quantitative estimate of drug-likeness (QED) is 0.141. The zero-order chi connectivity index (χ0) is 41.0. The summed E-state index contributed by atoms with van der Waals surface area (Å²) in [5, 5.41) is 2.23. The molecule has 0 aromatic heterocycles. The van der Waals surface area contributed by atoms with Gasteiger partial charge in [-0.1, -0.05) is 77.0 Å². The van der Waals surface area contributed by atoms with Crippen molar-refractivity contribution in [3.8, 4) is 5.75 Å². The lowest BCUT2D eigenvalue weighted by molar-refractivity contribution is -0.139. The highest BCUT2D eigenvalue weighted by atomic mass is 16.5. The van der Waals surface area contributed by atoms with Crippen LogP contribution in [-0.4, -0.2) is 29.2 Å². The minimum absolute atomic E-state index is 0.0136. The molecular formula is C52H68O5. The number of ketones is 4. The fraction of sp³-hybridized carbons (Fsp3) is 0.615. The van der Waals surface area contributed by atoms with Gasteiger partial charge in [-0.15, -0.1) is 6.58 Å². The first kappa shape index (κ1) is 41.6. The number of hydrogen-bond donors (Lipinski definition) is 0. The zero-order valence-electron chi connectivity index (χ0n) is 36.2. The number of aryl methyl sites for hydroxylation is 2. The van der Waals surface area contributed by atoms with Crippen LogP contribution >= 0.6 is 0 Å². The average molecular weight is 773 g/mol. The Labute approximate surface area is 342 Å². The van der Waals surface area contributed by atoms with Gasteiger partial charge in [0.15, 0.2) is 0 Å². The largest absolute Gasteiger partial charge is 0.490 e. The van der Waals surface area contributed by atoms with Gasteiger partial charge < -0.3 is 4.74 Å². The second-order valence-corrected chi connectivity index (χ2v) is 20.7. The average Bonchev–Trinajstić information content (AvgIpc) is 3.83. The summed E-state index contributed by atoms with van der Waals surface area (Å²) >= 11 is 0. The van der Waals surface area contributed by atoms with E-state index in [1.165, 1.54) is 40.5 Å². The molecule has 5 nitrogen and oxygen atoms in total. The fourth-order valence-corrected chi connectivity index (χ4v) is 11.2. The third-order valence-corrected chi connectivity index (χ3v) is 15.0. The third-order valence-electron chi connectivity index (χ3n) is 15.0. The standard InChI is InChI=1S/C52H68O5/c1-10-40-28-52(40,33(6)53)29-48(55)45-26-42(27-46(45)50(56)47(51(7,8)9)25-41(54)21-34-19-37-22-38(37)20-34)57-49-24-39(36-15-14-31(4)18-36)23-44-32(5)35(16-17-43(44)49)13-11-12-30(2)3/h10,15-18,23-24,30,34,37-38,40,42,45-47H,1,11-14,19-22,25-29H2,2-9H3. The van der Waals surface area contributed by atoms with Crippen molar-refractivity contribution in [3.63, 3.8) is 0 Å². The summed E-state index contributed by atoms with van der Waals surface area (Å²) in [5.74, 6) is 2.05. The molecule has 0 N–H and O–H groups in total. The summed E-state index contributed by atoms with van der Waals surface area (Å²) in [6.07, 6.45) is 16.3. The van der Waals surface area contributed by atoms with Crippen molar-refractivity contribution >= 4 is 39.5 Å². The third kappa shape index (κ3) is 8.88. The Kier molecular flexibility index (Phi) is 11.8. The van der Waals surface area contributed by atoms with E-state index in [9.17, 15) is 19.2 Å². The summed E-state index contributed by atoms with van der Waals surface area (Å²) in [6, 6.07) is 8.92. The predicted octanol–water partition coefficient (Wildman–Crippen LogP) is 12.0. The van der Waals surface area contributed by atoms with Crippen molar-refractivity contribution in [2.75, 3.05) is 0 Å². The van der Waals surface area contributed by atoms with E-state index < -0.39 is 28.6 Å². The Hall–Kier alpha value is -3.60. The smallest absolute Gasteiger partial charge is 0.140 e. The van der Waals surface area contributed by atoms with Crippen molar-refractivity contribution in [2.45, 2.75) is 145 Å². The van der Waals surface area contributed by atoms with Gasteiger partial charge in [-0.2, -0.15) is 0 Å². The molecule has 7 rings (SSSR count). The Balaban J connectivity index is 1.19. The number of carbonyl (C=O) groups is 4. The second kappa shape index (κ2) is 16.2. The molecular weight excluding hydrogens is 705 g/mol. The van der Waals surface area contributed by atoms with E-state index >= 15 is 0 Å². The van der Waals surface area contributed by atoms with Crippen molar-refractivity contribution < 1.29 is 23.9 Å². The van der Waals surface area contributed by atoms with Crippen LogP contribution in [0, 0.1) is 65.1 Å². The maximum Gasteiger partial charge on any atom is 0.140 e. The van der Waals surface area contributed by atoms with Crippen molar-refractivity contribution in [1.29, 1.82) is 0 Å². The molecule has 0 aliphatic heterocycles. The Bertz CT molecular complexity index is 1990. The first-order valence-electron chi connectivity index (χ1n) is 22.3. The number of allylic oxidation sites excluding steroid dienone is 5. The van der Waals surface area contributed by atoms with Crippen LogP contribution in [0.25, 0.3) is 16.3 Å². The second-order valence-electron chi connectivity index (χ2n) is 20.7. The molecule has 0 spiro atoms. The molecule has 5 aliphatic carbocycles. The summed E-state index contributed by atoms with van der Waals surface area (Å²) in [4.78, 5) is 56.2. The van der Waals surface area contributed by atoms with Gasteiger partial charge in [0.05, 0.1) is 0 Å². The van der Waals surface area contributed by atoms with Crippen molar-refractivity contribution in [2.24, 2.45) is 58.2 Å². The Morgan fingerprint density at radius 1 is 0.965 bits per heavy atom. The molecule has 0 saturated heterocycles. The Morgan fingerprint density at radius 2 is 1.68 bits per heavy atom. The molecule has 57 heavy (non-hydrogen) atoms. The minimum atomic E-state index is -0.720. The molecule has 0 radical (unpaired) electrons. The van der Waals surface area contributed by atoms with Gasteiger partial charge in [-0.3, -0.25) is 19.2 Å². The number of ether oxygens (including phenoxy) is 1. The topological polar surface area (TPSA) is 77.5 Å². The van der Waals surface area contributed by atoms with Gasteiger partial charge in [-0.05, 0) is 153 Å². The number of fused-ring (bicyclic) bond motifs is 2. The minimum Gasteiger partial charge on any atom is -0.490 e. The number of hydrogen-bond acceptors (Lipinski definition) is 5. The maximum atomic E-state index is 15.0. The van der Waals surface area contributed by atoms with Crippen LogP contribution in [0.2, 0.25) is 0 Å². The van der Waals surface area contributed by atoms with E-state index in [1.54, 1.807) is 13.0 Å². The van der Waals surface area contributed by atoms with E-state index in [0.717, 1.165) is 60.6 Å². The van der Waals surface area contributed by atoms with Crippen LogP contribution in [0.3, 0.4) is 0 Å². The van der Waals surface area contributed by atoms with E-state index in [0.29, 0.717) is 37.5 Å². The van der Waals surface area contributed by atoms with E-state index in [2.05, 4.69) is 91.5 Å². The lowest BCUT2D eigenvalue weighted by atomic mass is 9.69. The summed E-state index contributed by atoms with van der Waals surface area (Å²) < 4.78 is 7.07. The molecule has 0 heterocycles. The molecule has 4 saturated carbocycles. The van der Waals surface area contributed by atoms with Crippen LogP contribution < -0.4 is 4.74 Å². The zero-order valence-corrected chi connectivity index (χ0v) is 36.2. The first-order valence-corrected chi connectivity index (χ1v) is 22.3. The molecule has 306 valence electrons. The van der Waals surface area contributed by atoms with Gasteiger partial charge in [0, 0.05) is 47.8 Å². The lowest BCUT2D eigenvalue weighted by Gasteiger charge is -2.33. The monoisotopic (exact) mass is 773 g/mol. The SMILES string of the molecule is C=CC1CC1(CC(=O)C1CC(Oc2cc(C3=CCC(C)=C3)cc3c(C)c(CCCC(C)C)ccc23)CC1C(=O)C(CC(=O)CC1CC2CC2C1)C(C)(C)C)C(C)=O. The molecule has 2 aromatic rings. The highest BCUT2D eigenvalue weighted by Crippen LogP contribution is 2.58. The number of rotatable bonds is 18. The summed E-state index contributed by atoms with van der Waals surface area (Å²) in [7, 11) is 0. The molecule has 4 fully saturated rings. The number of carbonyl (C=O) groups excluding carboxylic acids is 4. The Morgan fingerprint density at radius 3 is 2.30 bits per heavy atom. The van der Waals surface area contributed by atoms with Gasteiger partial charge in [0.25, 0.3) is 0 Å². The molecule has 8 unspecified atom stereocenters. The van der Waals surface area contributed by atoms with Crippen molar-refractivity contribution in [3.05, 3.63) is 71.3 Å². The highest BCUT2D eigenvalue weighted by Gasteiger charge is 2.59.